The van der Waals surface area contributed by atoms with Crippen molar-refractivity contribution in [3.05, 3.63) is 0 Å². The summed E-state index contributed by atoms with van der Waals surface area (Å²) in [5.41, 5.74) is 0. The van der Waals surface area contributed by atoms with E-state index in [2.05, 4.69) is 20.8 Å². The number of hydrogen-bond donors (Lipinski definition) is 1. The lowest BCUT2D eigenvalue weighted by atomic mass is 9.88. The fourth-order valence-electron chi connectivity index (χ4n) is 2.67. The Kier molecular flexibility index (Phi) is 5.63. The van der Waals surface area contributed by atoms with Crippen LogP contribution in [0.2, 0.25) is 0 Å². The van der Waals surface area contributed by atoms with Crippen LogP contribution >= 0.6 is 0 Å². The highest BCUT2D eigenvalue weighted by atomic mass is 16.4. The standard InChI is InChI=1S/C14H25NO3/c1-4-6-12(10(2)3)13(16)15-8-5-7-11(9-15)14(17)18/h10-12H,4-9H2,1-3H3,(H,17,18). The van der Waals surface area contributed by atoms with E-state index in [1.807, 2.05) is 0 Å². The summed E-state index contributed by atoms with van der Waals surface area (Å²) >= 11 is 0. The number of carbonyl (C=O) groups excluding carboxylic acids is 1. The maximum atomic E-state index is 12.4. The quantitative estimate of drug-likeness (QED) is 0.820. The molecule has 0 aliphatic carbocycles. The molecule has 2 unspecified atom stereocenters. The van der Waals surface area contributed by atoms with Gasteiger partial charge in [-0.3, -0.25) is 9.59 Å². The van der Waals surface area contributed by atoms with Crippen molar-refractivity contribution in [2.45, 2.75) is 46.5 Å². The number of aliphatic carboxylic acids is 1. The van der Waals surface area contributed by atoms with Crippen molar-refractivity contribution >= 4 is 11.9 Å². The summed E-state index contributed by atoms with van der Waals surface area (Å²) in [4.78, 5) is 25.2. The molecule has 1 heterocycles. The molecule has 1 aliphatic rings. The largest absolute Gasteiger partial charge is 0.481 e. The van der Waals surface area contributed by atoms with Crippen LogP contribution in [0.1, 0.15) is 46.5 Å². The first-order valence-corrected chi connectivity index (χ1v) is 6.99. The van der Waals surface area contributed by atoms with Gasteiger partial charge in [0.15, 0.2) is 0 Å². The van der Waals surface area contributed by atoms with Crippen molar-refractivity contribution in [3.63, 3.8) is 0 Å². The van der Waals surface area contributed by atoms with E-state index in [0.29, 0.717) is 18.9 Å². The van der Waals surface area contributed by atoms with E-state index in [0.717, 1.165) is 25.8 Å². The number of hydrogen-bond acceptors (Lipinski definition) is 2. The van der Waals surface area contributed by atoms with Crippen LogP contribution in [0.4, 0.5) is 0 Å². The number of carboxylic acids is 1. The van der Waals surface area contributed by atoms with E-state index >= 15 is 0 Å². The zero-order chi connectivity index (χ0) is 13.7. The van der Waals surface area contributed by atoms with E-state index in [9.17, 15) is 9.59 Å². The monoisotopic (exact) mass is 255 g/mol. The molecule has 1 fully saturated rings. The molecule has 2 atom stereocenters. The molecule has 0 aromatic heterocycles. The van der Waals surface area contributed by atoms with Gasteiger partial charge in [-0.05, 0) is 25.2 Å². The predicted octanol–water partition coefficient (Wildman–Crippen LogP) is 2.38. The summed E-state index contributed by atoms with van der Waals surface area (Å²) in [5, 5.41) is 9.05. The number of amides is 1. The Bertz CT molecular complexity index is 301. The Morgan fingerprint density at radius 3 is 2.56 bits per heavy atom. The van der Waals surface area contributed by atoms with Crippen LogP contribution in [0.25, 0.3) is 0 Å². The molecule has 1 amide bonds. The third-order valence-electron chi connectivity index (χ3n) is 3.80. The first-order chi connectivity index (χ1) is 8.47. The lowest BCUT2D eigenvalue weighted by molar-refractivity contribution is -0.147. The van der Waals surface area contributed by atoms with Gasteiger partial charge >= 0.3 is 5.97 Å². The molecule has 0 radical (unpaired) electrons. The molecule has 1 aliphatic heterocycles. The minimum absolute atomic E-state index is 0.0440. The summed E-state index contributed by atoms with van der Waals surface area (Å²) in [7, 11) is 0. The summed E-state index contributed by atoms with van der Waals surface area (Å²) in [6, 6.07) is 0. The summed E-state index contributed by atoms with van der Waals surface area (Å²) in [6.45, 7) is 7.32. The van der Waals surface area contributed by atoms with Crippen molar-refractivity contribution < 1.29 is 14.7 Å². The third-order valence-corrected chi connectivity index (χ3v) is 3.80. The molecule has 0 aromatic rings. The van der Waals surface area contributed by atoms with E-state index in [-0.39, 0.29) is 17.7 Å². The normalized spacial score (nSPS) is 22.0. The van der Waals surface area contributed by atoms with Crippen LogP contribution in [0.15, 0.2) is 0 Å². The average molecular weight is 255 g/mol. The maximum absolute atomic E-state index is 12.4. The number of carboxylic acid groups (broad SMARTS) is 1. The fourth-order valence-corrected chi connectivity index (χ4v) is 2.67. The van der Waals surface area contributed by atoms with Gasteiger partial charge in [0.25, 0.3) is 0 Å². The lowest BCUT2D eigenvalue weighted by Gasteiger charge is -2.34. The van der Waals surface area contributed by atoms with E-state index < -0.39 is 5.97 Å². The SMILES string of the molecule is CCCC(C(=O)N1CCCC(C(=O)O)C1)C(C)C. The van der Waals surface area contributed by atoms with Crippen LogP contribution < -0.4 is 0 Å². The fraction of sp³-hybridized carbons (Fsp3) is 0.857. The highest BCUT2D eigenvalue weighted by Crippen LogP contribution is 2.24. The van der Waals surface area contributed by atoms with Crippen molar-refractivity contribution in [1.82, 2.24) is 4.90 Å². The number of rotatable bonds is 5. The van der Waals surface area contributed by atoms with Gasteiger partial charge in [-0.15, -0.1) is 0 Å². The van der Waals surface area contributed by atoms with Crippen LogP contribution in [-0.4, -0.2) is 35.0 Å². The molecule has 0 saturated carbocycles. The van der Waals surface area contributed by atoms with Crippen LogP contribution in [0.5, 0.6) is 0 Å². The molecule has 1 rings (SSSR count). The zero-order valence-electron chi connectivity index (χ0n) is 11.7. The summed E-state index contributed by atoms with van der Waals surface area (Å²) < 4.78 is 0. The Hall–Kier alpha value is -1.06. The number of nitrogens with zero attached hydrogens (tertiary/aromatic N) is 1. The average Bonchev–Trinajstić information content (AvgIpc) is 2.35. The van der Waals surface area contributed by atoms with Crippen molar-refractivity contribution in [1.29, 1.82) is 0 Å². The minimum Gasteiger partial charge on any atom is -0.481 e. The number of piperidine rings is 1. The third kappa shape index (κ3) is 3.72. The molecule has 104 valence electrons. The smallest absolute Gasteiger partial charge is 0.308 e. The van der Waals surface area contributed by atoms with Gasteiger partial charge < -0.3 is 10.0 Å². The molecule has 1 saturated heterocycles. The lowest BCUT2D eigenvalue weighted by Crippen LogP contribution is -2.45. The predicted molar refractivity (Wildman–Crippen MR) is 70.2 cm³/mol. The molecule has 0 spiro atoms. The molecule has 0 bridgehead atoms. The zero-order valence-corrected chi connectivity index (χ0v) is 11.7. The van der Waals surface area contributed by atoms with Gasteiger partial charge in [-0.25, -0.2) is 0 Å². The minimum atomic E-state index is -0.774. The molecule has 4 heteroatoms. The van der Waals surface area contributed by atoms with Gasteiger partial charge in [-0.1, -0.05) is 27.2 Å². The van der Waals surface area contributed by atoms with Crippen LogP contribution in [-0.2, 0) is 9.59 Å². The first kappa shape index (κ1) is 15.0. The maximum Gasteiger partial charge on any atom is 0.308 e. The van der Waals surface area contributed by atoms with Gasteiger partial charge in [0, 0.05) is 19.0 Å². The summed E-state index contributed by atoms with van der Waals surface area (Å²) in [6.07, 6.45) is 3.38. The van der Waals surface area contributed by atoms with Crippen LogP contribution in [0.3, 0.4) is 0 Å². The Labute approximate surface area is 109 Å². The number of carbonyl (C=O) groups is 2. The van der Waals surface area contributed by atoms with E-state index in [1.54, 1.807) is 4.90 Å². The highest BCUT2D eigenvalue weighted by molar-refractivity contribution is 5.80. The van der Waals surface area contributed by atoms with Crippen molar-refractivity contribution in [2.75, 3.05) is 13.1 Å². The highest BCUT2D eigenvalue weighted by Gasteiger charge is 2.32. The van der Waals surface area contributed by atoms with E-state index in [4.69, 9.17) is 5.11 Å². The molecule has 4 nitrogen and oxygen atoms in total. The van der Waals surface area contributed by atoms with Crippen LogP contribution in [0, 0.1) is 17.8 Å². The van der Waals surface area contributed by atoms with Crippen molar-refractivity contribution in [3.8, 4) is 0 Å². The van der Waals surface area contributed by atoms with Gasteiger partial charge in [0.2, 0.25) is 5.91 Å². The van der Waals surface area contributed by atoms with E-state index in [1.165, 1.54) is 0 Å². The topological polar surface area (TPSA) is 57.6 Å². The first-order valence-electron chi connectivity index (χ1n) is 6.99. The summed E-state index contributed by atoms with van der Waals surface area (Å²) in [5.74, 6) is -0.635. The van der Waals surface area contributed by atoms with Gasteiger partial charge in [-0.2, -0.15) is 0 Å². The molecule has 0 aromatic carbocycles. The second-order valence-corrected chi connectivity index (χ2v) is 5.60. The second kappa shape index (κ2) is 6.76. The number of likely N-dealkylation sites (tertiary alicyclic amines) is 1. The molecule has 1 N–H and O–H groups in total. The Morgan fingerprint density at radius 1 is 1.39 bits per heavy atom. The molecular formula is C14H25NO3. The Balaban J connectivity index is 2.66. The van der Waals surface area contributed by atoms with Gasteiger partial charge in [0.05, 0.1) is 5.92 Å². The van der Waals surface area contributed by atoms with Gasteiger partial charge in [0.1, 0.15) is 0 Å². The Morgan fingerprint density at radius 2 is 2.06 bits per heavy atom. The second-order valence-electron chi connectivity index (χ2n) is 5.60. The molecular weight excluding hydrogens is 230 g/mol. The molecule has 18 heavy (non-hydrogen) atoms. The van der Waals surface area contributed by atoms with Crippen molar-refractivity contribution in [2.24, 2.45) is 17.8 Å².